The molecule has 1 N–H and O–H groups in total. The van der Waals surface area contributed by atoms with E-state index in [-0.39, 0.29) is 22.5 Å². The lowest BCUT2D eigenvalue weighted by Crippen LogP contribution is -2.41. The summed E-state index contributed by atoms with van der Waals surface area (Å²) in [5, 5.41) is 2.50. The number of hydrogen-bond acceptors (Lipinski definition) is 3. The molecule has 0 aromatic heterocycles. The molecule has 0 bridgehead atoms. The molecule has 0 heterocycles. The van der Waals surface area contributed by atoms with Gasteiger partial charge in [-0.2, -0.15) is 13.2 Å². The van der Waals surface area contributed by atoms with Crippen molar-refractivity contribution in [3.05, 3.63) is 107 Å². The molecule has 0 aliphatic carbocycles. The molecule has 0 aliphatic rings. The minimum absolute atomic E-state index is 0.0326. The Hall–Kier alpha value is -3.06. The van der Waals surface area contributed by atoms with Gasteiger partial charge in [0.05, 0.1) is 5.56 Å². The number of halogens is 3. The normalized spacial score (nSPS) is 12.7. The summed E-state index contributed by atoms with van der Waals surface area (Å²) in [6.07, 6.45) is -4.20. The Balaban J connectivity index is 1.71. The van der Waals surface area contributed by atoms with Crippen molar-refractivity contribution in [1.29, 1.82) is 0 Å². The highest BCUT2D eigenvalue weighted by molar-refractivity contribution is 8.13. The molecule has 0 saturated carbocycles. The van der Waals surface area contributed by atoms with Crippen molar-refractivity contribution in [3.8, 4) is 0 Å². The predicted molar refractivity (Wildman–Crippen MR) is 134 cm³/mol. The van der Waals surface area contributed by atoms with Crippen LogP contribution in [0.2, 0.25) is 0 Å². The fourth-order valence-corrected chi connectivity index (χ4v) is 4.30. The van der Waals surface area contributed by atoms with E-state index in [1.54, 1.807) is 0 Å². The summed E-state index contributed by atoms with van der Waals surface area (Å²) < 4.78 is 38.5. The van der Waals surface area contributed by atoms with Crippen molar-refractivity contribution in [1.82, 2.24) is 5.32 Å². The van der Waals surface area contributed by atoms with E-state index < -0.39 is 23.7 Å². The second-order valence-electron chi connectivity index (χ2n) is 9.35. The summed E-state index contributed by atoms with van der Waals surface area (Å²) in [4.78, 5) is 25.9. The van der Waals surface area contributed by atoms with Crippen molar-refractivity contribution < 1.29 is 22.8 Å². The van der Waals surface area contributed by atoms with Crippen LogP contribution < -0.4 is 5.32 Å². The van der Waals surface area contributed by atoms with Gasteiger partial charge in [0.15, 0.2) is 0 Å². The van der Waals surface area contributed by atoms with E-state index in [1.807, 2.05) is 54.6 Å². The van der Waals surface area contributed by atoms with Gasteiger partial charge in [-0.15, -0.1) is 0 Å². The molecule has 7 heteroatoms. The standard InChI is InChI=1S/C28H28F3NO2S/c1-27(2,3)22-13-9-20(10-14-22)18-35-26(34)24(17-19-7-5-4-6-8-19)32-25(33)21-11-15-23(16-12-21)28(29,30)31/h4-16,24H,17-18H2,1-3H3,(H,32,33)/t24-/m1/s1. The molecular formula is C28H28F3NO2S. The Kier molecular flexibility index (Phi) is 8.43. The number of rotatable bonds is 7. The van der Waals surface area contributed by atoms with Gasteiger partial charge in [-0.25, -0.2) is 0 Å². The number of amides is 1. The third-order valence-corrected chi connectivity index (χ3v) is 6.59. The molecule has 3 rings (SSSR count). The molecule has 0 aliphatic heterocycles. The van der Waals surface area contributed by atoms with Crippen LogP contribution in [0.1, 0.15) is 53.4 Å². The fraction of sp³-hybridized carbons (Fsp3) is 0.286. The average molecular weight is 500 g/mol. The zero-order chi connectivity index (χ0) is 25.6. The molecular weight excluding hydrogens is 471 g/mol. The highest BCUT2D eigenvalue weighted by Crippen LogP contribution is 2.29. The van der Waals surface area contributed by atoms with Gasteiger partial charge >= 0.3 is 6.18 Å². The van der Waals surface area contributed by atoms with Crippen LogP contribution in [-0.2, 0) is 28.6 Å². The predicted octanol–water partition coefficient (Wildman–Crippen LogP) is 6.80. The van der Waals surface area contributed by atoms with E-state index in [4.69, 9.17) is 0 Å². The molecule has 0 radical (unpaired) electrons. The Labute approximate surface area is 208 Å². The molecule has 0 fully saturated rings. The zero-order valence-electron chi connectivity index (χ0n) is 19.9. The number of carbonyl (C=O) groups excluding carboxylic acids is 2. The fourth-order valence-electron chi connectivity index (χ4n) is 3.45. The summed E-state index contributed by atoms with van der Waals surface area (Å²) in [7, 11) is 0. The zero-order valence-corrected chi connectivity index (χ0v) is 20.7. The summed E-state index contributed by atoms with van der Waals surface area (Å²) in [6, 6.07) is 20.5. The lowest BCUT2D eigenvalue weighted by Gasteiger charge is -2.19. The van der Waals surface area contributed by atoms with Gasteiger partial charge in [0.25, 0.3) is 5.91 Å². The number of carbonyl (C=O) groups is 2. The highest BCUT2D eigenvalue weighted by Gasteiger charge is 2.30. The molecule has 3 aromatic carbocycles. The number of hydrogen-bond donors (Lipinski definition) is 1. The van der Waals surface area contributed by atoms with Gasteiger partial charge in [0.2, 0.25) is 5.12 Å². The van der Waals surface area contributed by atoms with Crippen molar-refractivity contribution in [3.63, 3.8) is 0 Å². The van der Waals surface area contributed by atoms with Crippen LogP contribution >= 0.6 is 11.8 Å². The quantitative estimate of drug-likeness (QED) is 0.389. The number of alkyl halides is 3. The summed E-state index contributed by atoms with van der Waals surface area (Å²) in [5.41, 5.74) is 2.32. The molecule has 3 aromatic rings. The molecule has 35 heavy (non-hydrogen) atoms. The van der Waals surface area contributed by atoms with Crippen LogP contribution in [0.15, 0.2) is 78.9 Å². The molecule has 184 valence electrons. The van der Waals surface area contributed by atoms with Crippen molar-refractivity contribution in [2.75, 3.05) is 0 Å². The number of thioether (sulfide) groups is 1. The summed E-state index contributed by atoms with van der Waals surface area (Å²) in [6.45, 7) is 6.40. The lowest BCUT2D eigenvalue weighted by atomic mass is 9.87. The average Bonchev–Trinajstić information content (AvgIpc) is 2.82. The lowest BCUT2D eigenvalue weighted by molar-refractivity contribution is -0.137. The largest absolute Gasteiger partial charge is 0.416 e. The van der Waals surface area contributed by atoms with E-state index in [0.717, 1.165) is 47.2 Å². The Morgan fingerprint density at radius 2 is 1.37 bits per heavy atom. The summed E-state index contributed by atoms with van der Waals surface area (Å²) in [5.74, 6) is -0.145. The monoisotopic (exact) mass is 499 g/mol. The smallest absolute Gasteiger partial charge is 0.341 e. The first-order valence-corrected chi connectivity index (χ1v) is 12.2. The second-order valence-corrected chi connectivity index (χ2v) is 10.3. The van der Waals surface area contributed by atoms with E-state index in [0.29, 0.717) is 5.75 Å². The van der Waals surface area contributed by atoms with Gasteiger partial charge in [0.1, 0.15) is 6.04 Å². The second kappa shape index (κ2) is 11.1. The Bertz CT molecular complexity index is 1140. The first-order chi connectivity index (χ1) is 16.4. The third-order valence-electron chi connectivity index (χ3n) is 5.55. The number of benzene rings is 3. The number of nitrogens with one attached hydrogen (secondary N) is 1. The minimum Gasteiger partial charge on any atom is -0.341 e. The van der Waals surface area contributed by atoms with Crippen molar-refractivity contribution in [2.45, 2.75) is 50.6 Å². The van der Waals surface area contributed by atoms with Crippen LogP contribution in [0.4, 0.5) is 13.2 Å². The third kappa shape index (κ3) is 7.72. The Morgan fingerprint density at radius 1 is 0.800 bits per heavy atom. The van der Waals surface area contributed by atoms with Gasteiger partial charge in [0, 0.05) is 17.7 Å². The first-order valence-electron chi connectivity index (χ1n) is 11.2. The Morgan fingerprint density at radius 3 is 1.91 bits per heavy atom. The summed E-state index contributed by atoms with van der Waals surface area (Å²) >= 11 is 1.11. The van der Waals surface area contributed by atoms with Gasteiger partial charge in [-0.1, -0.05) is 87.1 Å². The molecule has 1 atom stereocenters. The maximum absolute atomic E-state index is 13.1. The van der Waals surface area contributed by atoms with E-state index in [9.17, 15) is 22.8 Å². The molecule has 1 amide bonds. The highest BCUT2D eigenvalue weighted by atomic mass is 32.2. The van der Waals surface area contributed by atoms with E-state index >= 15 is 0 Å². The topological polar surface area (TPSA) is 46.2 Å². The molecule has 3 nitrogen and oxygen atoms in total. The maximum Gasteiger partial charge on any atom is 0.416 e. The van der Waals surface area contributed by atoms with Gasteiger partial charge in [-0.3, -0.25) is 9.59 Å². The van der Waals surface area contributed by atoms with Crippen LogP contribution in [0.3, 0.4) is 0 Å². The van der Waals surface area contributed by atoms with Crippen LogP contribution in [0, 0.1) is 0 Å². The molecule has 0 spiro atoms. The van der Waals surface area contributed by atoms with Gasteiger partial charge in [-0.05, 0) is 46.4 Å². The van der Waals surface area contributed by atoms with Crippen molar-refractivity contribution in [2.24, 2.45) is 0 Å². The molecule has 0 saturated heterocycles. The van der Waals surface area contributed by atoms with E-state index in [2.05, 4.69) is 26.1 Å². The van der Waals surface area contributed by atoms with Crippen LogP contribution in [-0.4, -0.2) is 17.1 Å². The SMILES string of the molecule is CC(C)(C)c1ccc(CSC(=O)[C@@H](Cc2ccccc2)NC(=O)c2ccc(C(F)(F)F)cc2)cc1. The van der Waals surface area contributed by atoms with Crippen LogP contribution in [0.25, 0.3) is 0 Å². The molecule has 0 unspecified atom stereocenters. The van der Waals surface area contributed by atoms with Crippen LogP contribution in [0.5, 0.6) is 0 Å². The van der Waals surface area contributed by atoms with Crippen molar-refractivity contribution >= 4 is 22.8 Å². The first kappa shape index (κ1) is 26.5. The van der Waals surface area contributed by atoms with Gasteiger partial charge < -0.3 is 5.32 Å². The minimum atomic E-state index is -4.48. The van der Waals surface area contributed by atoms with E-state index in [1.165, 1.54) is 5.56 Å². The maximum atomic E-state index is 13.1.